The smallest absolute Gasteiger partial charge is 0.279 e. The van der Waals surface area contributed by atoms with Crippen LogP contribution in [0.15, 0.2) is 41.4 Å². The van der Waals surface area contributed by atoms with Crippen molar-refractivity contribution in [3.8, 4) is 17.2 Å². The molecule has 30 heavy (non-hydrogen) atoms. The van der Waals surface area contributed by atoms with Gasteiger partial charge in [0.2, 0.25) is 0 Å². The predicted octanol–water partition coefficient (Wildman–Crippen LogP) is 3.90. The zero-order valence-corrected chi connectivity index (χ0v) is 18.5. The molecule has 1 aromatic heterocycles. The van der Waals surface area contributed by atoms with Gasteiger partial charge in [0.05, 0.1) is 37.1 Å². The zero-order valence-electron chi connectivity index (χ0n) is 17.6. The van der Waals surface area contributed by atoms with E-state index in [2.05, 4.69) is 4.99 Å². The first-order valence-corrected chi connectivity index (χ1v) is 10.6. The lowest BCUT2D eigenvalue weighted by atomic mass is 10.2. The molecule has 0 bridgehead atoms. The Balaban J connectivity index is 2.04. The zero-order chi connectivity index (χ0) is 21.5. The number of carbonyl (C=O) groups excluding carboxylic acids is 1. The molecule has 3 rings (SSSR count). The second-order valence-corrected chi connectivity index (χ2v) is 7.32. The molecule has 0 spiro atoms. The first-order valence-electron chi connectivity index (χ1n) is 9.76. The van der Waals surface area contributed by atoms with Crippen LogP contribution in [-0.4, -0.2) is 44.5 Å². The van der Waals surface area contributed by atoms with Gasteiger partial charge in [0.15, 0.2) is 16.3 Å². The molecule has 3 aromatic rings. The van der Waals surface area contributed by atoms with Gasteiger partial charge >= 0.3 is 0 Å². The maximum absolute atomic E-state index is 12.9. The van der Waals surface area contributed by atoms with E-state index < -0.39 is 0 Å². The Hall–Kier alpha value is -2.84. The van der Waals surface area contributed by atoms with Crippen LogP contribution in [0.3, 0.4) is 0 Å². The minimum absolute atomic E-state index is 0.344. The van der Waals surface area contributed by atoms with Crippen LogP contribution < -0.4 is 19.0 Å². The van der Waals surface area contributed by atoms with E-state index in [0.717, 1.165) is 16.0 Å². The lowest BCUT2D eigenvalue weighted by molar-refractivity contribution is 0.0997. The lowest BCUT2D eigenvalue weighted by Crippen LogP contribution is -2.19. The van der Waals surface area contributed by atoms with Gasteiger partial charge in [0.1, 0.15) is 5.75 Å². The van der Waals surface area contributed by atoms with Gasteiger partial charge in [0.25, 0.3) is 5.91 Å². The third-order valence-electron chi connectivity index (χ3n) is 4.40. The summed E-state index contributed by atoms with van der Waals surface area (Å²) in [6, 6.07) is 10.9. The Morgan fingerprint density at radius 2 is 1.80 bits per heavy atom. The van der Waals surface area contributed by atoms with E-state index in [9.17, 15) is 4.79 Å². The number of rotatable bonds is 9. The van der Waals surface area contributed by atoms with E-state index in [-0.39, 0.29) is 5.91 Å². The Morgan fingerprint density at radius 1 is 1.03 bits per heavy atom. The average molecular weight is 431 g/mol. The van der Waals surface area contributed by atoms with E-state index in [1.54, 1.807) is 32.4 Å². The van der Waals surface area contributed by atoms with E-state index in [0.29, 0.717) is 48.2 Å². The maximum atomic E-state index is 12.9. The molecular formula is C22H26N2O5S. The van der Waals surface area contributed by atoms with Crippen molar-refractivity contribution in [3.05, 3.63) is 46.8 Å². The highest BCUT2D eigenvalue weighted by Crippen LogP contribution is 2.29. The van der Waals surface area contributed by atoms with Crippen LogP contribution in [0.25, 0.3) is 10.2 Å². The molecule has 1 amide bonds. The number of benzene rings is 2. The topological polar surface area (TPSA) is 71.3 Å². The van der Waals surface area contributed by atoms with Crippen molar-refractivity contribution in [2.24, 2.45) is 4.99 Å². The minimum Gasteiger partial charge on any atom is -0.497 e. The Morgan fingerprint density at radius 3 is 2.50 bits per heavy atom. The van der Waals surface area contributed by atoms with E-state index in [1.807, 2.05) is 36.6 Å². The van der Waals surface area contributed by atoms with Crippen molar-refractivity contribution in [1.29, 1.82) is 0 Å². The van der Waals surface area contributed by atoms with Gasteiger partial charge in [-0.1, -0.05) is 11.3 Å². The van der Waals surface area contributed by atoms with Crippen LogP contribution in [0.5, 0.6) is 17.2 Å². The van der Waals surface area contributed by atoms with E-state index in [4.69, 9.17) is 18.9 Å². The minimum atomic E-state index is -0.344. The Kier molecular flexibility index (Phi) is 7.48. The fourth-order valence-electron chi connectivity index (χ4n) is 3.00. The number of aromatic nitrogens is 1. The lowest BCUT2D eigenvalue weighted by Gasteiger charge is -2.11. The summed E-state index contributed by atoms with van der Waals surface area (Å²) in [6.45, 7) is 5.88. The van der Waals surface area contributed by atoms with Crippen molar-refractivity contribution < 1.29 is 23.7 Å². The largest absolute Gasteiger partial charge is 0.497 e. The van der Waals surface area contributed by atoms with Crippen molar-refractivity contribution in [3.63, 3.8) is 0 Å². The summed E-state index contributed by atoms with van der Waals surface area (Å²) in [5.74, 6) is 1.56. The van der Waals surface area contributed by atoms with Gasteiger partial charge in [-0.15, -0.1) is 0 Å². The Bertz CT molecular complexity index is 1090. The molecule has 7 nitrogen and oxygen atoms in total. The molecular weight excluding hydrogens is 404 g/mol. The number of thiazole rings is 1. The standard InChI is InChI=1S/C22H26N2O5S/c1-5-28-18-10-7-15(13-19(18)29-6-2)21(25)23-22-24(11-12-26-3)17-9-8-16(27-4)14-20(17)30-22/h7-10,13-14H,5-6,11-12H2,1-4H3. The highest BCUT2D eigenvalue weighted by molar-refractivity contribution is 7.16. The third-order valence-corrected chi connectivity index (χ3v) is 5.44. The van der Waals surface area contributed by atoms with Gasteiger partial charge in [0, 0.05) is 19.2 Å². The quantitative estimate of drug-likeness (QED) is 0.515. The summed E-state index contributed by atoms with van der Waals surface area (Å²) in [6.07, 6.45) is 0. The summed E-state index contributed by atoms with van der Waals surface area (Å²) in [5.41, 5.74) is 1.42. The van der Waals surface area contributed by atoms with E-state index >= 15 is 0 Å². The van der Waals surface area contributed by atoms with Gasteiger partial charge in [-0.25, -0.2) is 0 Å². The normalized spacial score (nSPS) is 11.7. The number of nitrogens with zero attached hydrogens (tertiary/aromatic N) is 2. The van der Waals surface area contributed by atoms with Gasteiger partial charge in [-0.2, -0.15) is 4.99 Å². The average Bonchev–Trinajstić information content (AvgIpc) is 3.09. The summed E-state index contributed by atoms with van der Waals surface area (Å²) in [4.78, 5) is 17.9. The third kappa shape index (κ3) is 4.83. The van der Waals surface area contributed by atoms with Crippen LogP contribution in [0.2, 0.25) is 0 Å². The summed E-state index contributed by atoms with van der Waals surface area (Å²) < 4.78 is 24.7. The first kappa shape index (κ1) is 21.9. The molecule has 0 N–H and O–H groups in total. The van der Waals surface area contributed by atoms with Gasteiger partial charge in [-0.05, 0) is 50.2 Å². The summed E-state index contributed by atoms with van der Waals surface area (Å²) in [7, 11) is 3.28. The molecule has 160 valence electrons. The fraction of sp³-hybridized carbons (Fsp3) is 0.364. The molecule has 0 aliphatic heterocycles. The number of hydrogen-bond acceptors (Lipinski definition) is 6. The highest BCUT2D eigenvalue weighted by Gasteiger charge is 2.13. The molecule has 0 aliphatic rings. The monoisotopic (exact) mass is 430 g/mol. The first-order chi connectivity index (χ1) is 14.6. The number of carbonyl (C=O) groups is 1. The molecule has 8 heteroatoms. The van der Waals surface area contributed by atoms with Gasteiger partial charge < -0.3 is 23.5 Å². The number of methoxy groups -OCH3 is 2. The molecule has 0 aliphatic carbocycles. The molecule has 0 unspecified atom stereocenters. The van der Waals surface area contributed by atoms with Gasteiger partial charge in [-0.3, -0.25) is 4.79 Å². The maximum Gasteiger partial charge on any atom is 0.279 e. The molecule has 0 saturated heterocycles. The summed E-state index contributed by atoms with van der Waals surface area (Å²) >= 11 is 1.44. The molecule has 0 radical (unpaired) electrons. The Labute approximate surface area is 179 Å². The number of amides is 1. The van der Waals surface area contributed by atoms with Crippen LogP contribution in [-0.2, 0) is 11.3 Å². The van der Waals surface area contributed by atoms with Crippen molar-refractivity contribution >= 4 is 27.5 Å². The van der Waals surface area contributed by atoms with Crippen LogP contribution in [0, 0.1) is 0 Å². The predicted molar refractivity (Wildman–Crippen MR) is 117 cm³/mol. The molecule has 0 fully saturated rings. The molecule has 0 saturated carbocycles. The molecule has 2 aromatic carbocycles. The number of ether oxygens (including phenoxy) is 4. The highest BCUT2D eigenvalue weighted by atomic mass is 32.1. The molecule has 0 atom stereocenters. The summed E-state index contributed by atoms with van der Waals surface area (Å²) in [5, 5.41) is 0. The van der Waals surface area contributed by atoms with E-state index in [1.165, 1.54) is 11.3 Å². The molecule has 1 heterocycles. The van der Waals surface area contributed by atoms with Crippen molar-refractivity contribution in [2.75, 3.05) is 34.0 Å². The van der Waals surface area contributed by atoms with Crippen LogP contribution in [0.4, 0.5) is 0 Å². The second kappa shape index (κ2) is 10.3. The SMILES string of the molecule is CCOc1ccc(C(=O)N=c2sc3cc(OC)ccc3n2CCOC)cc1OCC. The van der Waals surface area contributed by atoms with Crippen LogP contribution >= 0.6 is 11.3 Å². The van der Waals surface area contributed by atoms with Crippen LogP contribution in [0.1, 0.15) is 24.2 Å². The van der Waals surface area contributed by atoms with Crippen molar-refractivity contribution in [1.82, 2.24) is 4.57 Å². The second-order valence-electron chi connectivity index (χ2n) is 6.31. The van der Waals surface area contributed by atoms with Crippen molar-refractivity contribution in [2.45, 2.75) is 20.4 Å². The fourth-order valence-corrected chi connectivity index (χ4v) is 4.08. The number of fused-ring (bicyclic) bond motifs is 1. The number of hydrogen-bond donors (Lipinski definition) is 0.